The summed E-state index contributed by atoms with van der Waals surface area (Å²) in [7, 11) is 0. The predicted octanol–water partition coefficient (Wildman–Crippen LogP) is 2.18. The van der Waals surface area contributed by atoms with Crippen LogP contribution in [0.4, 0.5) is 11.5 Å². The van der Waals surface area contributed by atoms with Crippen molar-refractivity contribution in [2.75, 3.05) is 64.2 Å². The molecule has 1 aromatic heterocycles. The minimum atomic E-state index is -0.304. The number of ether oxygens (including phenoxy) is 1. The summed E-state index contributed by atoms with van der Waals surface area (Å²) in [6, 6.07) is 5.35. The van der Waals surface area contributed by atoms with E-state index in [4.69, 9.17) is 10.5 Å². The molecule has 2 aliphatic rings. The molecular formula is C28H44N8O3. The molecule has 4 rings (SSSR count). The van der Waals surface area contributed by atoms with Crippen molar-refractivity contribution < 1.29 is 9.53 Å². The van der Waals surface area contributed by atoms with Gasteiger partial charge in [-0.05, 0) is 76.5 Å². The van der Waals surface area contributed by atoms with E-state index in [1.54, 1.807) is 29.0 Å². The summed E-state index contributed by atoms with van der Waals surface area (Å²) >= 11 is 0. The summed E-state index contributed by atoms with van der Waals surface area (Å²) in [5, 5.41) is 13.0. The standard InChI is InChI=1S/C28H44N8O3/c1-2-6-22(7-3-11-30-12-4-10-29)36-20-25-26(34-28(36)38)33-23-19-21(8-9-24(23)39-25)27(37)32-13-5-16-35-17-14-31-15-18-35/h8-9,19-20,22,30-31H,2-7,10-18,29H2,1H3,(H,32,37)(H,33,34,38). The van der Waals surface area contributed by atoms with Crippen LogP contribution in [0.1, 0.15) is 61.8 Å². The smallest absolute Gasteiger partial charge is 0.350 e. The lowest BCUT2D eigenvalue weighted by Gasteiger charge is -2.27. The lowest BCUT2D eigenvalue weighted by atomic mass is 10.1. The maximum absolute atomic E-state index is 13.0. The van der Waals surface area contributed by atoms with E-state index in [9.17, 15) is 9.59 Å². The van der Waals surface area contributed by atoms with Gasteiger partial charge in [-0.15, -0.1) is 0 Å². The number of benzene rings is 1. The number of anilines is 2. The van der Waals surface area contributed by atoms with Crippen LogP contribution in [0.2, 0.25) is 0 Å². The Labute approximate surface area is 230 Å². The van der Waals surface area contributed by atoms with Crippen LogP contribution in [0.25, 0.3) is 0 Å². The fraction of sp³-hybridized carbons (Fsp3) is 0.607. The van der Waals surface area contributed by atoms with E-state index in [0.717, 1.165) is 84.3 Å². The first-order chi connectivity index (χ1) is 19.1. The van der Waals surface area contributed by atoms with Crippen LogP contribution in [-0.4, -0.2) is 79.3 Å². The summed E-state index contributed by atoms with van der Waals surface area (Å²) in [5.74, 6) is 1.35. The molecule has 1 saturated heterocycles. The van der Waals surface area contributed by atoms with Gasteiger partial charge in [-0.25, -0.2) is 4.79 Å². The fourth-order valence-electron chi connectivity index (χ4n) is 5.09. The van der Waals surface area contributed by atoms with Crippen molar-refractivity contribution in [3.05, 3.63) is 40.4 Å². The number of hydrogen-bond acceptors (Lipinski definition) is 9. The number of hydrogen-bond donors (Lipinski definition) is 5. The molecule has 6 N–H and O–H groups in total. The zero-order valence-electron chi connectivity index (χ0n) is 23.1. The Balaban J connectivity index is 1.34. The maximum atomic E-state index is 13.0. The molecule has 11 heteroatoms. The molecule has 1 atom stereocenters. The molecule has 2 aliphatic heterocycles. The van der Waals surface area contributed by atoms with Crippen molar-refractivity contribution in [3.63, 3.8) is 0 Å². The number of fused-ring (bicyclic) bond motifs is 2. The van der Waals surface area contributed by atoms with Gasteiger partial charge in [0.25, 0.3) is 5.91 Å². The van der Waals surface area contributed by atoms with Crippen molar-refractivity contribution in [3.8, 4) is 11.5 Å². The number of carbonyl (C=O) groups excluding carboxylic acids is 1. The van der Waals surface area contributed by atoms with E-state index < -0.39 is 0 Å². The zero-order chi connectivity index (χ0) is 27.5. The van der Waals surface area contributed by atoms with Crippen LogP contribution in [-0.2, 0) is 0 Å². The molecule has 1 amide bonds. The van der Waals surface area contributed by atoms with Crippen molar-refractivity contribution in [1.82, 2.24) is 30.4 Å². The molecule has 39 heavy (non-hydrogen) atoms. The summed E-state index contributed by atoms with van der Waals surface area (Å²) in [4.78, 5) is 32.4. The summed E-state index contributed by atoms with van der Waals surface area (Å²) < 4.78 is 7.83. The molecule has 3 heterocycles. The van der Waals surface area contributed by atoms with E-state index in [-0.39, 0.29) is 17.6 Å². The van der Waals surface area contributed by atoms with Gasteiger partial charge in [-0.3, -0.25) is 9.36 Å². The Morgan fingerprint density at radius 3 is 2.74 bits per heavy atom. The van der Waals surface area contributed by atoms with Crippen LogP contribution >= 0.6 is 0 Å². The molecule has 0 bridgehead atoms. The third-order valence-corrected chi connectivity index (χ3v) is 7.24. The Hall–Kier alpha value is -2.99. The van der Waals surface area contributed by atoms with E-state index in [2.05, 4.69) is 38.1 Å². The highest BCUT2D eigenvalue weighted by molar-refractivity contribution is 5.96. The number of aromatic nitrogens is 2. The minimum Gasteiger partial charge on any atom is -0.450 e. The van der Waals surface area contributed by atoms with Crippen molar-refractivity contribution in [2.45, 2.75) is 51.5 Å². The molecule has 0 radical (unpaired) electrons. The third kappa shape index (κ3) is 8.25. The summed E-state index contributed by atoms with van der Waals surface area (Å²) in [6.07, 6.45) is 7.33. The topological polar surface area (TPSA) is 139 Å². The second-order valence-electron chi connectivity index (χ2n) is 10.3. The summed E-state index contributed by atoms with van der Waals surface area (Å²) in [5.41, 5.74) is 6.40. The van der Waals surface area contributed by atoms with Gasteiger partial charge in [-0.1, -0.05) is 13.3 Å². The van der Waals surface area contributed by atoms with Gasteiger partial charge in [-0.2, -0.15) is 4.98 Å². The second kappa shape index (κ2) is 15.0. The normalized spacial score (nSPS) is 15.5. The Kier molecular flexibility index (Phi) is 11.1. The molecule has 1 fully saturated rings. The maximum Gasteiger partial charge on any atom is 0.350 e. The lowest BCUT2D eigenvalue weighted by molar-refractivity contribution is 0.0951. The van der Waals surface area contributed by atoms with Gasteiger partial charge >= 0.3 is 5.69 Å². The number of carbonyl (C=O) groups is 1. The number of nitrogens with one attached hydrogen (secondary N) is 4. The van der Waals surface area contributed by atoms with Gasteiger partial charge in [0.2, 0.25) is 0 Å². The highest BCUT2D eigenvalue weighted by Crippen LogP contribution is 2.40. The average molecular weight is 541 g/mol. The quantitative estimate of drug-likeness (QED) is 0.184. The van der Waals surface area contributed by atoms with Crippen LogP contribution < -0.4 is 37.4 Å². The Bertz CT molecular complexity index is 1130. The number of nitrogens with two attached hydrogens (primary N) is 1. The zero-order valence-corrected chi connectivity index (χ0v) is 23.1. The van der Waals surface area contributed by atoms with Crippen LogP contribution in [0.3, 0.4) is 0 Å². The highest BCUT2D eigenvalue weighted by atomic mass is 16.5. The Morgan fingerprint density at radius 1 is 1.13 bits per heavy atom. The van der Waals surface area contributed by atoms with E-state index in [1.807, 2.05) is 0 Å². The van der Waals surface area contributed by atoms with Gasteiger partial charge < -0.3 is 36.6 Å². The van der Waals surface area contributed by atoms with Crippen molar-refractivity contribution in [2.24, 2.45) is 5.73 Å². The molecule has 1 unspecified atom stereocenters. The van der Waals surface area contributed by atoms with Gasteiger partial charge in [0.15, 0.2) is 17.3 Å². The second-order valence-corrected chi connectivity index (χ2v) is 10.3. The first kappa shape index (κ1) is 29.0. The average Bonchev–Trinajstić information content (AvgIpc) is 2.95. The third-order valence-electron chi connectivity index (χ3n) is 7.24. The van der Waals surface area contributed by atoms with Crippen LogP contribution in [0.15, 0.2) is 29.2 Å². The van der Waals surface area contributed by atoms with E-state index in [0.29, 0.717) is 41.7 Å². The number of nitrogens with zero attached hydrogens (tertiary/aromatic N) is 3. The number of amides is 1. The largest absolute Gasteiger partial charge is 0.450 e. The molecule has 2 aromatic rings. The van der Waals surface area contributed by atoms with E-state index >= 15 is 0 Å². The SMILES string of the molecule is CCCC(CCCNCCCN)n1cc2c(nc1=O)Nc1cc(C(=O)NCCCN3CCNCC3)ccc1O2. The highest BCUT2D eigenvalue weighted by Gasteiger charge is 2.23. The van der Waals surface area contributed by atoms with Gasteiger partial charge in [0, 0.05) is 44.3 Å². The van der Waals surface area contributed by atoms with E-state index in [1.165, 1.54) is 0 Å². The number of piperazine rings is 1. The van der Waals surface area contributed by atoms with Crippen LogP contribution in [0, 0.1) is 0 Å². The first-order valence-corrected chi connectivity index (χ1v) is 14.4. The molecule has 1 aromatic carbocycles. The Morgan fingerprint density at radius 2 is 1.95 bits per heavy atom. The molecule has 11 nitrogen and oxygen atoms in total. The van der Waals surface area contributed by atoms with Gasteiger partial charge in [0.05, 0.1) is 11.9 Å². The lowest BCUT2D eigenvalue weighted by Crippen LogP contribution is -2.44. The first-order valence-electron chi connectivity index (χ1n) is 14.4. The molecule has 214 valence electrons. The summed E-state index contributed by atoms with van der Waals surface area (Å²) in [6.45, 7) is 10.4. The number of rotatable bonds is 15. The van der Waals surface area contributed by atoms with Crippen LogP contribution in [0.5, 0.6) is 11.5 Å². The van der Waals surface area contributed by atoms with Crippen molar-refractivity contribution >= 4 is 17.4 Å². The van der Waals surface area contributed by atoms with Crippen molar-refractivity contribution in [1.29, 1.82) is 0 Å². The molecule has 0 spiro atoms. The molecule has 0 aliphatic carbocycles. The minimum absolute atomic E-state index is 0.0549. The van der Waals surface area contributed by atoms with Gasteiger partial charge in [0.1, 0.15) is 0 Å². The predicted molar refractivity (Wildman–Crippen MR) is 154 cm³/mol. The molecular weight excluding hydrogens is 496 g/mol. The monoisotopic (exact) mass is 540 g/mol. The molecule has 0 saturated carbocycles. The fourth-order valence-corrected chi connectivity index (χ4v) is 5.09.